The average Bonchev–Trinajstić information content (AvgIpc) is 2.59. The van der Waals surface area contributed by atoms with Crippen LogP contribution in [0.25, 0.3) is 0 Å². The van der Waals surface area contributed by atoms with E-state index in [0.29, 0.717) is 6.42 Å². The fourth-order valence-electron chi connectivity index (χ4n) is 1.54. The second kappa shape index (κ2) is 26.6. The zero-order chi connectivity index (χ0) is 21.9. The first-order chi connectivity index (χ1) is 13.1. The molecule has 0 spiro atoms. The first kappa shape index (κ1) is 38.6. The smallest absolute Gasteiger partial charge is 0.485 e. The molecule has 30 heavy (non-hydrogen) atoms. The van der Waals surface area contributed by atoms with Crippen molar-refractivity contribution < 1.29 is 20.9 Å². The minimum absolute atomic E-state index is 0. The van der Waals surface area contributed by atoms with Gasteiger partial charge in [0.25, 0.3) is 0 Å². The third kappa shape index (κ3) is 31.5. The van der Waals surface area contributed by atoms with Gasteiger partial charge >= 0.3 is 8.25 Å². The minimum Gasteiger partial charge on any atom is -0.567 e. The van der Waals surface area contributed by atoms with E-state index in [9.17, 15) is 0 Å². The Bertz CT molecular complexity index is 589. The third-order valence-corrected chi connectivity index (χ3v) is 3.51. The molecular formula is C18H28Br4Cl2O4P2. The summed E-state index contributed by atoms with van der Waals surface area (Å²) in [6.45, 7) is 0.196. The molecule has 176 valence electrons. The molecular weight excluding hydrogens is 733 g/mol. The van der Waals surface area contributed by atoms with Crippen LogP contribution in [0.3, 0.4) is 0 Å². The Morgan fingerprint density at radius 3 is 1.40 bits per heavy atom. The summed E-state index contributed by atoms with van der Waals surface area (Å²) in [4.78, 5) is 15.6. The lowest BCUT2D eigenvalue weighted by atomic mass is 10.2. The normalized spacial score (nSPS) is 9.20. The van der Waals surface area contributed by atoms with Crippen LogP contribution in [0.1, 0.15) is 27.4 Å². The Morgan fingerprint density at radius 1 is 0.900 bits per heavy atom. The predicted molar refractivity (Wildman–Crippen MR) is 150 cm³/mol. The molecule has 2 aromatic rings. The molecule has 0 fully saturated rings. The summed E-state index contributed by atoms with van der Waals surface area (Å²) in [6.07, 6.45) is 1.77. The van der Waals surface area contributed by atoms with E-state index in [4.69, 9.17) is 42.7 Å². The van der Waals surface area contributed by atoms with Gasteiger partial charge in [0.2, 0.25) is 0 Å². The number of aliphatic hydroxyl groups is 1. The zero-order valence-corrected chi connectivity index (χ0v) is 24.0. The van der Waals surface area contributed by atoms with Gasteiger partial charge in [0, 0.05) is 23.4 Å². The van der Waals surface area contributed by atoms with Crippen molar-refractivity contribution in [1.82, 2.24) is 0 Å². The van der Waals surface area contributed by atoms with E-state index >= 15 is 0 Å². The molecule has 0 radical (unpaired) electrons. The van der Waals surface area contributed by atoms with Gasteiger partial charge in [-0.05, 0) is 99.3 Å². The molecule has 4 nitrogen and oxygen atoms in total. The molecule has 0 aliphatic carbocycles. The van der Waals surface area contributed by atoms with Gasteiger partial charge in [-0.1, -0.05) is 78.3 Å². The number of aryl methyl sites for hydroxylation is 1. The Morgan fingerprint density at radius 2 is 1.17 bits per heavy atom. The third-order valence-electron chi connectivity index (χ3n) is 2.61. The molecule has 0 bridgehead atoms. The molecule has 2 N–H and O–H groups in total. The molecule has 0 aliphatic heterocycles. The molecule has 0 heterocycles. The first-order valence-electron chi connectivity index (χ1n) is 7.38. The number of benzene rings is 2. The second-order valence-electron chi connectivity index (χ2n) is 4.60. The quantitative estimate of drug-likeness (QED) is 0.241. The fourth-order valence-corrected chi connectivity index (χ4v) is 2.25. The van der Waals surface area contributed by atoms with E-state index < -0.39 is 8.25 Å². The Kier molecular flexibility index (Phi) is 34.2. The summed E-state index contributed by atoms with van der Waals surface area (Å²) in [7, 11) is -3.12. The van der Waals surface area contributed by atoms with E-state index in [1.165, 1.54) is 5.56 Å². The first-order valence-corrected chi connectivity index (χ1v) is 17.8. The highest BCUT2D eigenvalue weighted by Crippen LogP contribution is 2.59. The van der Waals surface area contributed by atoms with Crippen LogP contribution in [-0.4, -0.2) is 21.9 Å². The lowest BCUT2D eigenvalue weighted by molar-refractivity contribution is -0.180. The van der Waals surface area contributed by atoms with Crippen molar-refractivity contribution in [3.05, 3.63) is 69.7 Å². The van der Waals surface area contributed by atoms with Crippen LogP contribution in [0.5, 0.6) is 0 Å². The number of alkyl halides is 1. The van der Waals surface area contributed by atoms with Crippen LogP contribution in [0.4, 0.5) is 0 Å². The van der Waals surface area contributed by atoms with Crippen LogP contribution in [0.15, 0.2) is 48.5 Å². The molecule has 2 rings (SSSR count). The maximum Gasteiger partial charge on any atom is 0.485 e. The SMILES string of the molecule is BrP(Br)Br.C.C.Clc1ccc(CCBr)cc1.O=[P+]([O-])O.OCCc1ccc(Cl)cc1.[HH]. The number of halogens is 6. The van der Waals surface area contributed by atoms with E-state index in [-0.39, 0.29) is 26.9 Å². The van der Waals surface area contributed by atoms with E-state index in [1.807, 2.05) is 48.5 Å². The van der Waals surface area contributed by atoms with Crippen LogP contribution < -0.4 is 4.89 Å². The standard InChI is InChI=1S/C8H8BrCl.C8H9ClO.2CH4.Br3P.HO3P.H2/c9-6-5-7-1-3-8(10)4-2-7;9-8-3-1-7(2-4-8)5-6-10;;;2*1-4(2)3;/h1-4H,5-6H2;1-4,10H,5-6H2;2*1H4;;(H,1,2,3);1H. The summed E-state index contributed by atoms with van der Waals surface area (Å²) >= 11 is 24.2. The van der Waals surface area contributed by atoms with Gasteiger partial charge in [-0.25, -0.2) is 0 Å². The number of aliphatic hydroxyl groups excluding tert-OH is 1. The minimum atomic E-state index is -3.12. The van der Waals surface area contributed by atoms with Crippen molar-refractivity contribution in [2.45, 2.75) is 27.7 Å². The Labute approximate surface area is 226 Å². The maximum atomic E-state index is 8.59. The Balaban J connectivity index is -0.000000102. The molecule has 12 heteroatoms. The van der Waals surface area contributed by atoms with Gasteiger partial charge in [-0.2, -0.15) is 4.89 Å². The second-order valence-corrected chi connectivity index (χ2v) is 22.1. The summed E-state index contributed by atoms with van der Waals surface area (Å²) in [5.74, 6) is 0. The van der Waals surface area contributed by atoms with Crippen molar-refractivity contribution in [2.24, 2.45) is 0 Å². The van der Waals surface area contributed by atoms with Gasteiger partial charge in [0.15, 0.2) is 0 Å². The van der Waals surface area contributed by atoms with E-state index in [1.54, 1.807) is 0 Å². The van der Waals surface area contributed by atoms with Crippen LogP contribution in [0, 0.1) is 0 Å². The molecule has 0 aliphatic rings. The molecule has 2 aromatic carbocycles. The van der Waals surface area contributed by atoms with Gasteiger partial charge < -0.3 is 10.00 Å². The van der Waals surface area contributed by atoms with Crippen LogP contribution in [-0.2, 0) is 17.4 Å². The summed E-state index contributed by atoms with van der Waals surface area (Å²) in [5.41, 5.74) is 2.44. The van der Waals surface area contributed by atoms with E-state index in [2.05, 4.69) is 62.4 Å². The molecule has 0 saturated heterocycles. The molecule has 0 amide bonds. The topological polar surface area (TPSA) is 80.6 Å². The number of hydrogen-bond donors (Lipinski definition) is 2. The molecule has 0 saturated carbocycles. The number of hydrogen-bond acceptors (Lipinski definition) is 3. The predicted octanol–water partition coefficient (Wildman–Crippen LogP) is 9.06. The van der Waals surface area contributed by atoms with Gasteiger partial charge in [0.1, 0.15) is 4.03 Å². The lowest BCUT2D eigenvalue weighted by Crippen LogP contribution is -1.88. The lowest BCUT2D eigenvalue weighted by Gasteiger charge is -1.95. The summed E-state index contributed by atoms with van der Waals surface area (Å²) in [5, 5.41) is 11.1. The van der Waals surface area contributed by atoms with Gasteiger partial charge in [-0.3, -0.25) is 0 Å². The van der Waals surface area contributed by atoms with Gasteiger partial charge in [-0.15, -0.1) is 0 Å². The highest BCUT2D eigenvalue weighted by Gasteiger charge is 1.90. The molecule has 0 aromatic heterocycles. The van der Waals surface area contributed by atoms with Crippen molar-refractivity contribution in [2.75, 3.05) is 11.9 Å². The highest BCUT2D eigenvalue weighted by atomic mass is 80.0. The van der Waals surface area contributed by atoms with Crippen molar-refractivity contribution in [1.29, 1.82) is 0 Å². The maximum absolute atomic E-state index is 8.59. The highest BCUT2D eigenvalue weighted by molar-refractivity contribution is 9.93. The van der Waals surface area contributed by atoms with Crippen molar-refractivity contribution in [3.63, 3.8) is 0 Å². The van der Waals surface area contributed by atoms with Crippen molar-refractivity contribution >= 4 is 97.9 Å². The number of rotatable bonds is 4. The monoisotopic (exact) mass is 756 g/mol. The zero-order valence-electron chi connectivity index (χ0n) is 14.3. The fraction of sp³-hybridized carbons (Fsp3) is 0.333. The Hall–Kier alpha value is 1.35. The van der Waals surface area contributed by atoms with Crippen LogP contribution in [0.2, 0.25) is 10.0 Å². The summed E-state index contributed by atoms with van der Waals surface area (Å²) < 4.78 is 8.41. The van der Waals surface area contributed by atoms with E-state index in [0.717, 1.165) is 27.4 Å². The summed E-state index contributed by atoms with van der Waals surface area (Å²) in [6, 6.07) is 15.4. The largest absolute Gasteiger partial charge is 0.567 e. The van der Waals surface area contributed by atoms with Crippen molar-refractivity contribution in [3.8, 4) is 0 Å². The van der Waals surface area contributed by atoms with Crippen LogP contribution >= 0.6 is 97.9 Å². The van der Waals surface area contributed by atoms with Gasteiger partial charge in [0.05, 0.1) is 0 Å². The average molecular weight is 761 g/mol. The molecule has 1 atom stereocenters. The molecule has 1 unspecified atom stereocenters.